The summed E-state index contributed by atoms with van der Waals surface area (Å²) in [7, 11) is -2.96. The molecule has 0 aliphatic carbocycles. The molecule has 0 radical (unpaired) electrons. The number of thioether (sulfide) groups is 1. The summed E-state index contributed by atoms with van der Waals surface area (Å²) in [6.45, 7) is 4.24. The number of hydrogen-bond donors (Lipinski definition) is 1. The van der Waals surface area contributed by atoms with Crippen molar-refractivity contribution >= 4 is 32.5 Å². The number of hydrogen-bond acceptors (Lipinski definition) is 4. The van der Waals surface area contributed by atoms with Crippen LogP contribution in [0.5, 0.6) is 0 Å². The van der Waals surface area contributed by atoms with Gasteiger partial charge >= 0.3 is 0 Å². The van der Waals surface area contributed by atoms with Crippen molar-refractivity contribution in [3.05, 3.63) is 29.8 Å². The van der Waals surface area contributed by atoms with Crippen molar-refractivity contribution in [2.75, 3.05) is 16.4 Å². The zero-order valence-electron chi connectivity index (χ0n) is 11.5. The van der Waals surface area contributed by atoms with E-state index in [1.807, 2.05) is 23.1 Å². The Morgan fingerprint density at radius 3 is 2.70 bits per heavy atom. The van der Waals surface area contributed by atoms with Gasteiger partial charge in [0.1, 0.15) is 0 Å². The first-order valence-electron chi connectivity index (χ1n) is 6.73. The van der Waals surface area contributed by atoms with Crippen LogP contribution >= 0.6 is 11.8 Å². The number of anilines is 1. The highest BCUT2D eigenvalue weighted by molar-refractivity contribution is 8.15. The van der Waals surface area contributed by atoms with E-state index in [0.29, 0.717) is 11.1 Å². The third kappa shape index (κ3) is 2.24. The Balaban J connectivity index is 2.04. The van der Waals surface area contributed by atoms with Gasteiger partial charge in [0.2, 0.25) is 0 Å². The standard InChI is InChI=1S/C14H18N2O2S2/c1-9(2)10-5-3-4-6-11(10)16-12-7-20(17,18)8-13(12)19-14(16)15/h3-6,9,12-13,15H,7-8H2,1-2H3. The number of nitrogens with zero attached hydrogens (tertiary/aromatic N) is 1. The quantitative estimate of drug-likeness (QED) is 0.911. The first-order chi connectivity index (χ1) is 9.39. The van der Waals surface area contributed by atoms with Crippen molar-refractivity contribution in [3.8, 4) is 0 Å². The van der Waals surface area contributed by atoms with Crippen LogP contribution in [0.25, 0.3) is 0 Å². The molecule has 4 nitrogen and oxygen atoms in total. The molecule has 1 aromatic carbocycles. The lowest BCUT2D eigenvalue weighted by molar-refractivity contribution is 0.601. The van der Waals surface area contributed by atoms with E-state index in [1.165, 1.54) is 17.3 Å². The van der Waals surface area contributed by atoms with E-state index in [0.717, 1.165) is 5.69 Å². The number of para-hydroxylation sites is 1. The second-order valence-corrected chi connectivity index (χ2v) is 9.07. The Bertz CT molecular complexity index is 655. The van der Waals surface area contributed by atoms with Gasteiger partial charge in [-0.1, -0.05) is 43.8 Å². The van der Waals surface area contributed by atoms with Crippen molar-refractivity contribution in [3.63, 3.8) is 0 Å². The molecule has 2 atom stereocenters. The summed E-state index contributed by atoms with van der Waals surface area (Å²) in [5.74, 6) is 0.714. The molecule has 108 valence electrons. The molecule has 3 rings (SSSR count). The van der Waals surface area contributed by atoms with E-state index in [4.69, 9.17) is 5.41 Å². The Kier molecular flexibility index (Phi) is 3.33. The number of fused-ring (bicyclic) bond motifs is 1. The monoisotopic (exact) mass is 310 g/mol. The van der Waals surface area contributed by atoms with Crippen molar-refractivity contribution in [2.24, 2.45) is 0 Å². The highest BCUT2D eigenvalue weighted by Crippen LogP contribution is 2.42. The van der Waals surface area contributed by atoms with Crippen LogP contribution in [0.1, 0.15) is 25.3 Å². The normalized spacial score (nSPS) is 28.1. The molecule has 2 aliphatic heterocycles. The number of amidine groups is 1. The molecular weight excluding hydrogens is 292 g/mol. The van der Waals surface area contributed by atoms with Gasteiger partial charge in [-0.3, -0.25) is 5.41 Å². The highest BCUT2D eigenvalue weighted by atomic mass is 32.2. The maximum atomic E-state index is 11.8. The van der Waals surface area contributed by atoms with E-state index in [2.05, 4.69) is 19.9 Å². The van der Waals surface area contributed by atoms with E-state index < -0.39 is 9.84 Å². The minimum absolute atomic E-state index is 0.00715. The largest absolute Gasteiger partial charge is 0.316 e. The lowest BCUT2D eigenvalue weighted by Crippen LogP contribution is -2.37. The lowest BCUT2D eigenvalue weighted by atomic mass is 10.00. The molecule has 20 heavy (non-hydrogen) atoms. The molecule has 0 saturated carbocycles. The minimum Gasteiger partial charge on any atom is -0.316 e. The Labute approximate surface area is 124 Å². The van der Waals surface area contributed by atoms with Crippen LogP contribution in [0.2, 0.25) is 0 Å². The minimum atomic E-state index is -2.96. The number of sulfone groups is 1. The van der Waals surface area contributed by atoms with Crippen molar-refractivity contribution in [2.45, 2.75) is 31.1 Å². The van der Waals surface area contributed by atoms with Crippen LogP contribution in [-0.2, 0) is 9.84 Å². The average molecular weight is 310 g/mol. The zero-order valence-corrected chi connectivity index (χ0v) is 13.2. The van der Waals surface area contributed by atoms with Crippen LogP contribution in [-0.4, -0.2) is 36.4 Å². The van der Waals surface area contributed by atoms with Crippen LogP contribution in [0.15, 0.2) is 24.3 Å². The van der Waals surface area contributed by atoms with Gasteiger partial charge in [-0.2, -0.15) is 0 Å². The maximum Gasteiger partial charge on any atom is 0.161 e. The molecule has 2 heterocycles. The predicted molar refractivity (Wildman–Crippen MR) is 84.6 cm³/mol. The molecule has 0 aromatic heterocycles. The van der Waals surface area contributed by atoms with Gasteiger partial charge in [0.05, 0.1) is 17.5 Å². The van der Waals surface area contributed by atoms with Crippen molar-refractivity contribution < 1.29 is 8.42 Å². The second-order valence-electron chi connectivity index (χ2n) is 5.69. The summed E-state index contributed by atoms with van der Waals surface area (Å²) in [5.41, 5.74) is 2.16. The smallest absolute Gasteiger partial charge is 0.161 e. The predicted octanol–water partition coefficient (Wildman–Crippen LogP) is 2.46. The number of rotatable bonds is 2. The molecular formula is C14H18N2O2S2. The summed E-state index contributed by atoms with van der Waals surface area (Å²) in [6, 6.07) is 7.93. The Hall–Kier alpha value is -1.01. The van der Waals surface area contributed by atoms with Crippen LogP contribution in [0.3, 0.4) is 0 Å². The lowest BCUT2D eigenvalue weighted by Gasteiger charge is -2.27. The second kappa shape index (κ2) is 4.77. The molecule has 2 fully saturated rings. The first-order valence-corrected chi connectivity index (χ1v) is 9.43. The summed E-state index contributed by atoms with van der Waals surface area (Å²) in [6.07, 6.45) is 0. The van der Waals surface area contributed by atoms with Gasteiger partial charge in [-0.15, -0.1) is 0 Å². The van der Waals surface area contributed by atoms with E-state index in [9.17, 15) is 8.42 Å². The Morgan fingerprint density at radius 2 is 2.00 bits per heavy atom. The fourth-order valence-corrected chi connectivity index (χ4v) is 6.77. The summed E-state index contributed by atoms with van der Waals surface area (Å²) >= 11 is 1.39. The summed E-state index contributed by atoms with van der Waals surface area (Å²) in [5, 5.41) is 8.68. The van der Waals surface area contributed by atoms with Crippen molar-refractivity contribution in [1.29, 1.82) is 5.41 Å². The summed E-state index contributed by atoms with van der Waals surface area (Å²) < 4.78 is 23.7. The number of nitrogens with one attached hydrogen (secondary N) is 1. The SMILES string of the molecule is CC(C)c1ccccc1N1C(=N)SC2CS(=O)(=O)CC21. The molecule has 2 saturated heterocycles. The van der Waals surface area contributed by atoms with Crippen LogP contribution in [0.4, 0.5) is 5.69 Å². The van der Waals surface area contributed by atoms with Gasteiger partial charge in [-0.25, -0.2) is 8.42 Å². The fourth-order valence-electron chi connectivity index (χ4n) is 2.98. The molecule has 0 spiro atoms. The highest BCUT2D eigenvalue weighted by Gasteiger charge is 2.49. The first kappa shape index (κ1) is 13.9. The van der Waals surface area contributed by atoms with Gasteiger partial charge in [0.25, 0.3) is 0 Å². The van der Waals surface area contributed by atoms with E-state index in [1.54, 1.807) is 0 Å². The third-order valence-corrected chi connectivity index (χ3v) is 7.03. The van der Waals surface area contributed by atoms with Crippen LogP contribution < -0.4 is 4.90 Å². The fraction of sp³-hybridized carbons (Fsp3) is 0.500. The average Bonchev–Trinajstić information content (AvgIpc) is 2.79. The van der Waals surface area contributed by atoms with Gasteiger partial charge in [0, 0.05) is 10.9 Å². The zero-order chi connectivity index (χ0) is 14.5. The third-order valence-electron chi connectivity index (χ3n) is 3.90. The van der Waals surface area contributed by atoms with E-state index in [-0.39, 0.29) is 22.8 Å². The molecule has 1 N–H and O–H groups in total. The molecule has 1 aromatic rings. The molecule has 0 amide bonds. The molecule has 2 unspecified atom stereocenters. The molecule has 6 heteroatoms. The number of benzene rings is 1. The van der Waals surface area contributed by atoms with Gasteiger partial charge in [0.15, 0.2) is 15.0 Å². The van der Waals surface area contributed by atoms with Crippen molar-refractivity contribution in [1.82, 2.24) is 0 Å². The maximum absolute atomic E-state index is 11.8. The molecule has 2 aliphatic rings. The van der Waals surface area contributed by atoms with Gasteiger partial charge in [-0.05, 0) is 17.5 Å². The molecule has 0 bridgehead atoms. The van der Waals surface area contributed by atoms with E-state index >= 15 is 0 Å². The topological polar surface area (TPSA) is 61.2 Å². The Morgan fingerprint density at radius 1 is 1.30 bits per heavy atom. The summed E-state index contributed by atoms with van der Waals surface area (Å²) in [4.78, 5) is 1.93. The van der Waals surface area contributed by atoms with Crippen LogP contribution in [0, 0.1) is 5.41 Å². The van der Waals surface area contributed by atoms with Gasteiger partial charge < -0.3 is 4.90 Å².